The number of halogens is 2. The second-order valence-corrected chi connectivity index (χ2v) is 8.27. The first-order valence-corrected chi connectivity index (χ1v) is 10.3. The number of nitrogens with zero attached hydrogens (tertiary/aromatic N) is 2. The minimum absolute atomic E-state index is 0.00840. The fraction of sp³-hybridized carbons (Fsp3) is 0.118. The lowest BCUT2D eigenvalue weighted by molar-refractivity contribution is -0.119. The maximum Gasteiger partial charge on any atom is 0.336 e. The Balaban J connectivity index is 2.15. The molecule has 0 spiro atoms. The largest absolute Gasteiger partial charge is 0.478 e. The summed E-state index contributed by atoms with van der Waals surface area (Å²) in [6.07, 6.45) is 2.10. The highest BCUT2D eigenvalue weighted by atomic mass is 35.5. The summed E-state index contributed by atoms with van der Waals surface area (Å²) in [5.74, 6) is -1.88. The summed E-state index contributed by atoms with van der Waals surface area (Å²) in [6.45, 7) is -0.561. The Morgan fingerprint density at radius 2 is 1.86 bits per heavy atom. The van der Waals surface area contributed by atoms with E-state index in [1.165, 1.54) is 30.3 Å². The van der Waals surface area contributed by atoms with Gasteiger partial charge in [0.1, 0.15) is 6.54 Å². The van der Waals surface area contributed by atoms with Gasteiger partial charge >= 0.3 is 5.97 Å². The van der Waals surface area contributed by atoms with Crippen LogP contribution in [0, 0.1) is 0 Å². The van der Waals surface area contributed by atoms with Crippen LogP contribution in [0.1, 0.15) is 15.9 Å². The van der Waals surface area contributed by atoms with Crippen molar-refractivity contribution in [1.82, 2.24) is 5.43 Å². The van der Waals surface area contributed by atoms with Crippen LogP contribution in [0.15, 0.2) is 47.6 Å². The lowest BCUT2D eigenvalue weighted by Gasteiger charge is -2.21. The van der Waals surface area contributed by atoms with E-state index in [-0.39, 0.29) is 26.9 Å². The van der Waals surface area contributed by atoms with Crippen molar-refractivity contribution in [2.24, 2.45) is 5.10 Å². The molecule has 0 heterocycles. The number of carbonyl (C=O) groups is 2. The molecule has 0 aliphatic heterocycles. The molecule has 2 N–H and O–H groups in total. The van der Waals surface area contributed by atoms with Crippen LogP contribution in [-0.2, 0) is 14.8 Å². The molecular weight excluding hydrogens is 429 g/mol. The summed E-state index contributed by atoms with van der Waals surface area (Å²) in [5.41, 5.74) is 2.61. The van der Waals surface area contributed by atoms with Crippen LogP contribution in [0.3, 0.4) is 0 Å². The normalized spacial score (nSPS) is 11.4. The van der Waals surface area contributed by atoms with Crippen molar-refractivity contribution in [3.05, 3.63) is 63.6 Å². The molecule has 2 rings (SSSR count). The second kappa shape index (κ2) is 9.05. The predicted octanol–water partition coefficient (Wildman–Crippen LogP) is 2.61. The third-order valence-electron chi connectivity index (χ3n) is 3.46. The van der Waals surface area contributed by atoms with Gasteiger partial charge in [0, 0.05) is 5.56 Å². The maximum atomic E-state index is 12.1. The molecule has 148 valence electrons. The molecule has 2 aromatic rings. The van der Waals surface area contributed by atoms with Crippen molar-refractivity contribution in [3.63, 3.8) is 0 Å². The standard InChI is InChI=1S/C17H15Cl2N3O5S/c1-28(26,27)22(12-6-7-14(18)15(19)8-12)10-16(23)21-20-9-11-4-2-3-5-13(11)17(24)25/h2-9H,10H2,1H3,(H,21,23)(H,24,25)/b20-9-. The van der Waals surface area contributed by atoms with Crippen molar-refractivity contribution in [3.8, 4) is 0 Å². The summed E-state index contributed by atoms with van der Waals surface area (Å²) in [4.78, 5) is 23.3. The number of amides is 1. The van der Waals surface area contributed by atoms with Crippen molar-refractivity contribution in [2.45, 2.75) is 0 Å². The maximum absolute atomic E-state index is 12.1. The lowest BCUT2D eigenvalue weighted by atomic mass is 10.1. The fourth-order valence-electron chi connectivity index (χ4n) is 2.18. The molecular formula is C17H15Cl2N3O5S. The fourth-order valence-corrected chi connectivity index (χ4v) is 3.32. The summed E-state index contributed by atoms with van der Waals surface area (Å²) < 4.78 is 24.9. The molecule has 0 aliphatic rings. The molecule has 1 amide bonds. The third-order valence-corrected chi connectivity index (χ3v) is 5.34. The Labute approximate surface area is 171 Å². The number of benzene rings is 2. The number of aromatic carboxylic acids is 1. The van der Waals surface area contributed by atoms with Crippen molar-refractivity contribution in [2.75, 3.05) is 17.1 Å². The van der Waals surface area contributed by atoms with Crippen LogP contribution in [0.4, 0.5) is 5.69 Å². The zero-order valence-corrected chi connectivity index (χ0v) is 16.8. The van der Waals surface area contributed by atoms with Crippen LogP contribution >= 0.6 is 23.2 Å². The van der Waals surface area contributed by atoms with E-state index in [4.69, 9.17) is 28.3 Å². The van der Waals surface area contributed by atoms with Gasteiger partial charge in [0.25, 0.3) is 5.91 Å². The number of nitrogens with one attached hydrogen (secondary N) is 1. The van der Waals surface area contributed by atoms with Crippen molar-refractivity contribution >= 4 is 57.0 Å². The molecule has 11 heteroatoms. The molecule has 0 atom stereocenters. The smallest absolute Gasteiger partial charge is 0.336 e. The van der Waals surface area contributed by atoms with Crippen LogP contribution in [0.2, 0.25) is 10.0 Å². The van der Waals surface area contributed by atoms with Crippen LogP contribution in [0.25, 0.3) is 0 Å². The number of hydrazone groups is 1. The van der Waals surface area contributed by atoms with E-state index in [2.05, 4.69) is 10.5 Å². The number of carboxylic acid groups (broad SMARTS) is 1. The number of hydrogen-bond acceptors (Lipinski definition) is 5. The van der Waals surface area contributed by atoms with Gasteiger partial charge in [0.05, 0.1) is 33.8 Å². The molecule has 0 bridgehead atoms. The first kappa shape index (κ1) is 21.7. The molecule has 0 aromatic heterocycles. The molecule has 0 saturated carbocycles. The highest BCUT2D eigenvalue weighted by Crippen LogP contribution is 2.28. The number of anilines is 1. The zero-order valence-electron chi connectivity index (χ0n) is 14.5. The first-order chi connectivity index (χ1) is 13.1. The molecule has 2 aromatic carbocycles. The monoisotopic (exact) mass is 443 g/mol. The van der Waals surface area contributed by atoms with Gasteiger partial charge in [-0.05, 0) is 24.3 Å². The Morgan fingerprint density at radius 3 is 2.46 bits per heavy atom. The summed E-state index contributed by atoms with van der Waals surface area (Å²) in [7, 11) is -3.80. The van der Waals surface area contributed by atoms with Gasteiger partial charge in [-0.15, -0.1) is 0 Å². The minimum Gasteiger partial charge on any atom is -0.478 e. The van der Waals surface area contributed by atoms with Crippen LogP contribution in [-0.4, -0.2) is 44.4 Å². The number of carbonyl (C=O) groups excluding carboxylic acids is 1. The molecule has 28 heavy (non-hydrogen) atoms. The lowest BCUT2D eigenvalue weighted by Crippen LogP contribution is -2.39. The first-order valence-electron chi connectivity index (χ1n) is 7.66. The average molecular weight is 444 g/mol. The summed E-state index contributed by atoms with van der Waals surface area (Å²) in [5, 5.41) is 13.2. The van der Waals surface area contributed by atoms with Crippen molar-refractivity contribution in [1.29, 1.82) is 0 Å². The Kier molecular flexibility index (Phi) is 7.00. The van der Waals surface area contributed by atoms with E-state index in [0.29, 0.717) is 0 Å². The topological polar surface area (TPSA) is 116 Å². The van der Waals surface area contributed by atoms with Crippen LogP contribution < -0.4 is 9.73 Å². The van der Waals surface area contributed by atoms with E-state index < -0.39 is 28.4 Å². The second-order valence-electron chi connectivity index (χ2n) is 5.55. The highest BCUT2D eigenvalue weighted by Gasteiger charge is 2.21. The minimum atomic E-state index is -3.80. The van der Waals surface area contributed by atoms with E-state index in [9.17, 15) is 18.0 Å². The third kappa shape index (κ3) is 5.69. The predicted molar refractivity (Wildman–Crippen MR) is 108 cm³/mol. The Bertz CT molecular complexity index is 1040. The molecule has 8 nitrogen and oxygen atoms in total. The van der Waals surface area contributed by atoms with E-state index in [1.54, 1.807) is 12.1 Å². The Hall–Kier alpha value is -2.62. The number of hydrogen-bond donors (Lipinski definition) is 2. The summed E-state index contributed by atoms with van der Waals surface area (Å²) in [6, 6.07) is 10.2. The van der Waals surface area contributed by atoms with Crippen LogP contribution in [0.5, 0.6) is 0 Å². The van der Waals surface area contributed by atoms with Crippen molar-refractivity contribution < 1.29 is 23.1 Å². The van der Waals surface area contributed by atoms with Gasteiger partial charge in [0.2, 0.25) is 10.0 Å². The quantitative estimate of drug-likeness (QED) is 0.503. The molecule has 0 radical (unpaired) electrons. The highest BCUT2D eigenvalue weighted by molar-refractivity contribution is 7.92. The van der Waals surface area contributed by atoms with E-state index in [1.807, 2.05) is 0 Å². The zero-order chi connectivity index (χ0) is 20.9. The molecule has 0 saturated heterocycles. The van der Waals surface area contributed by atoms with E-state index in [0.717, 1.165) is 16.8 Å². The SMILES string of the molecule is CS(=O)(=O)N(CC(=O)N/N=C\c1ccccc1C(=O)O)c1ccc(Cl)c(Cl)c1. The number of sulfonamides is 1. The van der Waals surface area contributed by atoms with Gasteiger partial charge in [-0.2, -0.15) is 5.10 Å². The Morgan fingerprint density at radius 1 is 1.18 bits per heavy atom. The van der Waals surface area contributed by atoms with Gasteiger partial charge in [-0.3, -0.25) is 9.10 Å². The number of rotatable bonds is 7. The average Bonchev–Trinajstić information content (AvgIpc) is 2.61. The summed E-state index contributed by atoms with van der Waals surface area (Å²) >= 11 is 11.7. The number of carboxylic acids is 1. The molecule has 0 fully saturated rings. The van der Waals surface area contributed by atoms with Gasteiger partial charge < -0.3 is 5.11 Å². The van der Waals surface area contributed by atoms with E-state index >= 15 is 0 Å². The molecule has 0 unspecified atom stereocenters. The van der Waals surface area contributed by atoms with Gasteiger partial charge in [-0.1, -0.05) is 41.4 Å². The molecule has 0 aliphatic carbocycles. The van der Waals surface area contributed by atoms with Gasteiger partial charge in [-0.25, -0.2) is 18.6 Å². The van der Waals surface area contributed by atoms with Gasteiger partial charge in [0.15, 0.2) is 0 Å².